The van der Waals surface area contributed by atoms with Crippen molar-refractivity contribution < 1.29 is 14.6 Å². The molecule has 2 bridgehead atoms. The number of allylic oxidation sites excluding steroid dienone is 4. The first-order valence-electron chi connectivity index (χ1n) is 11.0. The largest absolute Gasteiger partial charge is 0.391 e. The number of fused-ring (bicyclic) bond motifs is 3. The summed E-state index contributed by atoms with van der Waals surface area (Å²) in [6, 6.07) is 6.56. The van der Waals surface area contributed by atoms with E-state index in [1.807, 2.05) is 12.1 Å². The molecule has 0 aromatic heterocycles. The standard InChI is InChI=1S/C24H30N2O3/c27-23(11-16-5-2-1-3-6-16)22-12-17-7-4-8-20(21(17)13-25-22)24(28)26-18-9-10-19(26)15-29-14-18/h1-5,7-8,16,18-19,22-23,25,27H,6,9-15H2/t16?,18?,19?,22-,23+/m0/s1. The minimum absolute atomic E-state index is 0.0340. The van der Waals surface area contributed by atoms with E-state index in [4.69, 9.17) is 4.74 Å². The molecule has 154 valence electrons. The van der Waals surface area contributed by atoms with Crippen LogP contribution in [0.1, 0.15) is 47.2 Å². The number of aliphatic hydroxyl groups is 1. The Morgan fingerprint density at radius 2 is 2.07 bits per heavy atom. The molecule has 5 atom stereocenters. The van der Waals surface area contributed by atoms with Gasteiger partial charge in [-0.3, -0.25) is 4.79 Å². The summed E-state index contributed by atoms with van der Waals surface area (Å²) in [5.74, 6) is 0.556. The second-order valence-electron chi connectivity index (χ2n) is 8.88. The maximum atomic E-state index is 13.4. The lowest BCUT2D eigenvalue weighted by molar-refractivity contribution is -0.00725. The molecule has 3 aliphatic heterocycles. The molecule has 29 heavy (non-hydrogen) atoms. The molecule has 5 heteroatoms. The molecular weight excluding hydrogens is 364 g/mol. The zero-order chi connectivity index (χ0) is 19.8. The third kappa shape index (κ3) is 3.67. The van der Waals surface area contributed by atoms with Crippen LogP contribution in [0.15, 0.2) is 42.5 Å². The van der Waals surface area contributed by atoms with Gasteiger partial charge in [0.25, 0.3) is 5.91 Å². The van der Waals surface area contributed by atoms with E-state index in [-0.39, 0.29) is 24.0 Å². The number of benzene rings is 1. The van der Waals surface area contributed by atoms with Crippen LogP contribution >= 0.6 is 0 Å². The van der Waals surface area contributed by atoms with Crippen molar-refractivity contribution in [1.29, 1.82) is 0 Å². The molecule has 1 aromatic carbocycles. The van der Waals surface area contributed by atoms with E-state index in [2.05, 4.69) is 40.6 Å². The lowest BCUT2D eigenvalue weighted by atomic mass is 9.85. The van der Waals surface area contributed by atoms with Gasteiger partial charge in [0.1, 0.15) is 0 Å². The number of nitrogens with one attached hydrogen (secondary N) is 1. The average Bonchev–Trinajstić information content (AvgIpc) is 3.01. The minimum atomic E-state index is -0.390. The molecule has 3 unspecified atom stereocenters. The molecule has 5 rings (SSSR count). The van der Waals surface area contributed by atoms with E-state index in [9.17, 15) is 9.90 Å². The van der Waals surface area contributed by atoms with Crippen molar-refractivity contribution >= 4 is 5.91 Å². The van der Waals surface area contributed by atoms with Gasteiger partial charge in [-0.1, -0.05) is 36.4 Å². The lowest BCUT2D eigenvalue weighted by Crippen LogP contribution is -2.50. The normalized spacial score (nSPS) is 31.6. The van der Waals surface area contributed by atoms with Crippen molar-refractivity contribution in [2.45, 2.75) is 62.9 Å². The predicted molar refractivity (Wildman–Crippen MR) is 112 cm³/mol. The molecule has 1 aromatic rings. The molecule has 5 nitrogen and oxygen atoms in total. The number of hydrogen-bond donors (Lipinski definition) is 2. The van der Waals surface area contributed by atoms with Crippen molar-refractivity contribution in [1.82, 2.24) is 10.2 Å². The van der Waals surface area contributed by atoms with Gasteiger partial charge in [0.2, 0.25) is 0 Å². The third-order valence-electron chi connectivity index (χ3n) is 7.04. The van der Waals surface area contributed by atoms with Crippen LogP contribution in [0.4, 0.5) is 0 Å². The van der Waals surface area contributed by atoms with Gasteiger partial charge in [0.05, 0.1) is 31.4 Å². The summed E-state index contributed by atoms with van der Waals surface area (Å²) in [6.07, 6.45) is 12.7. The third-order valence-corrected chi connectivity index (χ3v) is 7.04. The first kappa shape index (κ1) is 19.0. The number of hydrogen-bond acceptors (Lipinski definition) is 4. The molecule has 0 spiro atoms. The Bertz CT molecular complexity index is 817. The Labute approximate surface area is 172 Å². The van der Waals surface area contributed by atoms with Crippen LogP contribution < -0.4 is 5.32 Å². The monoisotopic (exact) mass is 394 g/mol. The first-order valence-corrected chi connectivity index (χ1v) is 11.0. The van der Waals surface area contributed by atoms with Gasteiger partial charge in [0.15, 0.2) is 0 Å². The highest BCUT2D eigenvalue weighted by molar-refractivity contribution is 5.96. The molecular formula is C24H30N2O3. The number of amides is 1. The van der Waals surface area contributed by atoms with Gasteiger partial charge in [0, 0.05) is 18.2 Å². The van der Waals surface area contributed by atoms with E-state index in [1.165, 1.54) is 5.56 Å². The van der Waals surface area contributed by atoms with Crippen molar-refractivity contribution in [3.8, 4) is 0 Å². The highest BCUT2D eigenvalue weighted by atomic mass is 16.5. The van der Waals surface area contributed by atoms with Gasteiger partial charge in [-0.25, -0.2) is 0 Å². The zero-order valence-electron chi connectivity index (χ0n) is 16.8. The molecule has 1 amide bonds. The van der Waals surface area contributed by atoms with Gasteiger partial charge in [-0.15, -0.1) is 0 Å². The molecule has 0 saturated carbocycles. The molecule has 2 N–H and O–H groups in total. The summed E-state index contributed by atoms with van der Waals surface area (Å²) in [6.45, 7) is 1.96. The predicted octanol–water partition coefficient (Wildman–Crippen LogP) is 2.59. The van der Waals surface area contributed by atoms with E-state index in [0.29, 0.717) is 25.7 Å². The Morgan fingerprint density at radius 1 is 1.24 bits per heavy atom. The number of carbonyl (C=O) groups excluding carboxylic acids is 1. The molecule has 3 heterocycles. The van der Waals surface area contributed by atoms with E-state index in [1.54, 1.807) is 0 Å². The van der Waals surface area contributed by atoms with Crippen LogP contribution in [0.5, 0.6) is 0 Å². The van der Waals surface area contributed by atoms with Gasteiger partial charge in [-0.05, 0) is 55.2 Å². The number of rotatable bonds is 4. The number of ether oxygens (including phenoxy) is 1. The molecule has 1 aliphatic carbocycles. The highest BCUT2D eigenvalue weighted by Crippen LogP contribution is 2.32. The second-order valence-corrected chi connectivity index (χ2v) is 8.88. The summed E-state index contributed by atoms with van der Waals surface area (Å²) >= 11 is 0. The van der Waals surface area contributed by atoms with Gasteiger partial charge < -0.3 is 20.1 Å². The fourth-order valence-corrected chi connectivity index (χ4v) is 5.43. The molecule has 0 radical (unpaired) electrons. The van der Waals surface area contributed by atoms with Crippen molar-refractivity contribution in [3.63, 3.8) is 0 Å². The SMILES string of the molecule is O=C(c1cccc2c1CN[C@H]([C@H](O)CC1C=CC=CC1)C2)N1C2CCC1COC2. The highest BCUT2D eigenvalue weighted by Gasteiger charge is 2.41. The van der Waals surface area contributed by atoms with Crippen LogP contribution in [0.3, 0.4) is 0 Å². The van der Waals surface area contributed by atoms with E-state index >= 15 is 0 Å². The maximum Gasteiger partial charge on any atom is 0.254 e. The average molecular weight is 395 g/mol. The van der Waals surface area contributed by atoms with Crippen molar-refractivity contribution in [3.05, 3.63) is 59.2 Å². The Morgan fingerprint density at radius 3 is 2.83 bits per heavy atom. The molecule has 2 saturated heterocycles. The van der Waals surface area contributed by atoms with Gasteiger partial charge >= 0.3 is 0 Å². The number of aliphatic hydroxyl groups excluding tert-OH is 1. The first-order chi connectivity index (χ1) is 14.2. The summed E-state index contributed by atoms with van der Waals surface area (Å²) in [5.41, 5.74) is 3.12. The smallest absolute Gasteiger partial charge is 0.254 e. The number of morpholine rings is 1. The van der Waals surface area contributed by atoms with E-state index < -0.39 is 6.10 Å². The second kappa shape index (κ2) is 8.05. The Hall–Kier alpha value is -1.95. The van der Waals surface area contributed by atoms with Crippen LogP contribution in [0, 0.1) is 5.92 Å². The van der Waals surface area contributed by atoms with Gasteiger partial charge in [-0.2, -0.15) is 0 Å². The topological polar surface area (TPSA) is 61.8 Å². The number of nitrogens with zero attached hydrogens (tertiary/aromatic N) is 1. The minimum Gasteiger partial charge on any atom is -0.391 e. The van der Waals surface area contributed by atoms with E-state index in [0.717, 1.165) is 43.2 Å². The fourth-order valence-electron chi connectivity index (χ4n) is 5.43. The summed E-state index contributed by atoms with van der Waals surface area (Å²) in [7, 11) is 0. The maximum absolute atomic E-state index is 13.4. The number of carbonyl (C=O) groups is 1. The fraction of sp³-hybridized carbons (Fsp3) is 0.542. The zero-order valence-corrected chi connectivity index (χ0v) is 16.8. The Kier molecular flexibility index (Phi) is 5.29. The molecule has 2 fully saturated rings. The summed E-state index contributed by atoms with van der Waals surface area (Å²) < 4.78 is 5.65. The van der Waals surface area contributed by atoms with Crippen molar-refractivity contribution in [2.75, 3.05) is 13.2 Å². The summed E-state index contributed by atoms with van der Waals surface area (Å²) in [4.78, 5) is 15.5. The lowest BCUT2D eigenvalue weighted by Gasteiger charge is -2.36. The van der Waals surface area contributed by atoms with Crippen LogP contribution in [-0.4, -0.2) is 53.4 Å². The van der Waals surface area contributed by atoms with Crippen LogP contribution in [0.2, 0.25) is 0 Å². The van der Waals surface area contributed by atoms with Crippen LogP contribution in [0.25, 0.3) is 0 Å². The quantitative estimate of drug-likeness (QED) is 0.824. The van der Waals surface area contributed by atoms with Crippen molar-refractivity contribution in [2.24, 2.45) is 5.92 Å². The summed E-state index contributed by atoms with van der Waals surface area (Å²) in [5, 5.41) is 14.3. The molecule has 4 aliphatic rings. The Balaban J connectivity index is 1.31. The van der Waals surface area contributed by atoms with Crippen LogP contribution in [-0.2, 0) is 17.7 Å².